The summed E-state index contributed by atoms with van der Waals surface area (Å²) in [6, 6.07) is 10.6. The van der Waals surface area contributed by atoms with Crippen LogP contribution in [0.3, 0.4) is 0 Å². The predicted octanol–water partition coefficient (Wildman–Crippen LogP) is 3.00. The molecule has 0 bridgehead atoms. The van der Waals surface area contributed by atoms with Gasteiger partial charge in [-0.25, -0.2) is 15.0 Å². The van der Waals surface area contributed by atoms with E-state index in [4.69, 9.17) is 0 Å². The van der Waals surface area contributed by atoms with Crippen LogP contribution in [-0.4, -0.2) is 19.5 Å². The molecule has 0 spiro atoms. The predicted molar refractivity (Wildman–Crippen MR) is 75.0 cm³/mol. The third-order valence-electron chi connectivity index (χ3n) is 3.40. The first-order valence-electron chi connectivity index (χ1n) is 6.53. The maximum atomic E-state index is 4.64. The van der Waals surface area contributed by atoms with Crippen LogP contribution in [0, 0.1) is 0 Å². The van der Waals surface area contributed by atoms with Crippen LogP contribution in [0.2, 0.25) is 0 Å². The third kappa shape index (κ3) is 2.10. The van der Waals surface area contributed by atoms with E-state index in [1.54, 1.807) is 6.20 Å². The summed E-state index contributed by atoms with van der Waals surface area (Å²) in [6.07, 6.45) is 4.50. The monoisotopic (exact) mass is 252 g/mol. The lowest BCUT2D eigenvalue weighted by molar-refractivity contribution is 0.651. The fourth-order valence-electron chi connectivity index (χ4n) is 2.19. The van der Waals surface area contributed by atoms with Crippen LogP contribution in [0.25, 0.3) is 11.3 Å². The van der Waals surface area contributed by atoms with Crippen molar-refractivity contribution in [3.05, 3.63) is 54.1 Å². The van der Waals surface area contributed by atoms with Crippen molar-refractivity contribution in [2.45, 2.75) is 26.3 Å². The molecule has 0 radical (unpaired) electrons. The first-order valence-corrected chi connectivity index (χ1v) is 6.53. The van der Waals surface area contributed by atoms with E-state index >= 15 is 0 Å². The van der Waals surface area contributed by atoms with Crippen molar-refractivity contribution in [2.24, 2.45) is 0 Å². The molecule has 0 saturated carbocycles. The Morgan fingerprint density at radius 1 is 1.16 bits per heavy atom. The zero-order chi connectivity index (χ0) is 13.2. The van der Waals surface area contributed by atoms with Crippen molar-refractivity contribution < 1.29 is 0 Å². The fraction of sp³-hybridized carbons (Fsp3) is 0.267. The standard InChI is InChI=1S/C15H16N4/c1-3-13-9-16-14-15(18-13)19(10-17-14)11(2)12-7-5-4-6-8-12/h4-11H,3H2,1-2H3/t11-/m0/s1. The first kappa shape index (κ1) is 11.8. The minimum Gasteiger partial charge on any atom is -0.307 e. The molecule has 0 N–H and O–H groups in total. The summed E-state index contributed by atoms with van der Waals surface area (Å²) in [7, 11) is 0. The molecule has 1 atom stereocenters. The van der Waals surface area contributed by atoms with Crippen LogP contribution in [0.15, 0.2) is 42.9 Å². The molecule has 4 nitrogen and oxygen atoms in total. The summed E-state index contributed by atoms with van der Waals surface area (Å²) < 4.78 is 2.08. The van der Waals surface area contributed by atoms with Crippen molar-refractivity contribution in [1.82, 2.24) is 19.5 Å². The molecule has 4 heteroatoms. The number of benzene rings is 1. The molecule has 0 aliphatic carbocycles. The highest BCUT2D eigenvalue weighted by Crippen LogP contribution is 2.21. The van der Waals surface area contributed by atoms with Gasteiger partial charge in [0.15, 0.2) is 11.3 Å². The van der Waals surface area contributed by atoms with Gasteiger partial charge in [0.2, 0.25) is 0 Å². The van der Waals surface area contributed by atoms with Gasteiger partial charge in [-0.2, -0.15) is 0 Å². The van der Waals surface area contributed by atoms with Gasteiger partial charge in [-0.15, -0.1) is 0 Å². The lowest BCUT2D eigenvalue weighted by atomic mass is 10.1. The minimum absolute atomic E-state index is 0.201. The molecular weight excluding hydrogens is 236 g/mol. The quantitative estimate of drug-likeness (QED) is 0.719. The highest BCUT2D eigenvalue weighted by molar-refractivity contribution is 5.65. The highest BCUT2D eigenvalue weighted by Gasteiger charge is 2.13. The lowest BCUT2D eigenvalue weighted by Crippen LogP contribution is -2.06. The number of fused-ring (bicyclic) bond motifs is 1. The van der Waals surface area contributed by atoms with Crippen molar-refractivity contribution >= 4 is 11.3 Å². The van der Waals surface area contributed by atoms with Gasteiger partial charge >= 0.3 is 0 Å². The van der Waals surface area contributed by atoms with Gasteiger partial charge in [-0.3, -0.25) is 0 Å². The second-order valence-electron chi connectivity index (χ2n) is 4.60. The van der Waals surface area contributed by atoms with Crippen molar-refractivity contribution in [3.8, 4) is 0 Å². The Labute approximate surface area is 112 Å². The van der Waals surface area contributed by atoms with E-state index in [1.165, 1.54) is 5.56 Å². The van der Waals surface area contributed by atoms with Gasteiger partial charge in [-0.1, -0.05) is 37.3 Å². The molecule has 0 fully saturated rings. The summed E-state index contributed by atoms with van der Waals surface area (Å²) >= 11 is 0. The first-order chi connectivity index (χ1) is 9.29. The Morgan fingerprint density at radius 2 is 1.95 bits per heavy atom. The minimum atomic E-state index is 0.201. The van der Waals surface area contributed by atoms with Gasteiger partial charge < -0.3 is 4.57 Å². The van der Waals surface area contributed by atoms with Crippen molar-refractivity contribution in [2.75, 3.05) is 0 Å². The average molecular weight is 252 g/mol. The van der Waals surface area contributed by atoms with Gasteiger partial charge in [0.05, 0.1) is 24.3 Å². The molecule has 0 unspecified atom stereocenters. The van der Waals surface area contributed by atoms with E-state index in [0.717, 1.165) is 17.8 Å². The Morgan fingerprint density at radius 3 is 2.68 bits per heavy atom. The Balaban J connectivity index is 2.09. The van der Waals surface area contributed by atoms with E-state index in [1.807, 2.05) is 24.5 Å². The SMILES string of the molecule is CCc1cnc2ncn([C@@H](C)c3ccccc3)c2n1. The number of aryl methyl sites for hydroxylation is 1. The molecule has 19 heavy (non-hydrogen) atoms. The largest absolute Gasteiger partial charge is 0.307 e. The maximum absolute atomic E-state index is 4.64. The van der Waals surface area contributed by atoms with Gasteiger partial charge in [0.25, 0.3) is 0 Å². The Kier molecular flexibility index (Phi) is 2.99. The molecular formula is C15H16N4. The topological polar surface area (TPSA) is 43.6 Å². The smallest absolute Gasteiger partial charge is 0.197 e. The number of aromatic nitrogens is 4. The summed E-state index contributed by atoms with van der Waals surface area (Å²) in [5.41, 5.74) is 3.80. The lowest BCUT2D eigenvalue weighted by Gasteiger charge is -2.14. The normalized spacial score (nSPS) is 12.7. The number of nitrogens with zero attached hydrogens (tertiary/aromatic N) is 4. The van der Waals surface area contributed by atoms with Gasteiger partial charge in [-0.05, 0) is 18.9 Å². The zero-order valence-corrected chi connectivity index (χ0v) is 11.1. The van der Waals surface area contributed by atoms with Crippen LogP contribution in [0.5, 0.6) is 0 Å². The molecule has 0 aliphatic heterocycles. The van der Waals surface area contributed by atoms with Crippen LogP contribution in [-0.2, 0) is 6.42 Å². The van der Waals surface area contributed by atoms with E-state index in [-0.39, 0.29) is 6.04 Å². The summed E-state index contributed by atoms with van der Waals surface area (Å²) in [5, 5.41) is 0. The number of imidazole rings is 1. The maximum Gasteiger partial charge on any atom is 0.197 e. The van der Waals surface area contributed by atoms with Gasteiger partial charge in [0, 0.05) is 0 Å². The van der Waals surface area contributed by atoms with E-state index < -0.39 is 0 Å². The molecule has 3 rings (SSSR count). The van der Waals surface area contributed by atoms with Crippen LogP contribution >= 0.6 is 0 Å². The summed E-state index contributed by atoms with van der Waals surface area (Å²) in [6.45, 7) is 4.23. The van der Waals surface area contributed by atoms with E-state index in [0.29, 0.717) is 5.65 Å². The molecule has 0 amide bonds. The second kappa shape index (κ2) is 4.80. The third-order valence-corrected chi connectivity index (χ3v) is 3.40. The number of hydrogen-bond donors (Lipinski definition) is 0. The van der Waals surface area contributed by atoms with Crippen LogP contribution in [0.4, 0.5) is 0 Å². The number of rotatable bonds is 3. The van der Waals surface area contributed by atoms with E-state index in [9.17, 15) is 0 Å². The van der Waals surface area contributed by atoms with Crippen molar-refractivity contribution in [3.63, 3.8) is 0 Å². The van der Waals surface area contributed by atoms with Crippen LogP contribution in [0.1, 0.15) is 31.1 Å². The molecule has 2 aromatic heterocycles. The molecule has 0 aliphatic rings. The summed E-state index contributed by atoms with van der Waals surface area (Å²) in [5.74, 6) is 0. The molecule has 3 aromatic rings. The molecule has 0 saturated heterocycles. The van der Waals surface area contributed by atoms with Crippen molar-refractivity contribution in [1.29, 1.82) is 0 Å². The fourth-order valence-corrected chi connectivity index (χ4v) is 2.19. The summed E-state index contributed by atoms with van der Waals surface area (Å²) in [4.78, 5) is 13.3. The Hall–Kier alpha value is -2.23. The van der Waals surface area contributed by atoms with E-state index in [2.05, 4.69) is 45.5 Å². The Bertz CT molecular complexity index is 688. The van der Waals surface area contributed by atoms with Crippen LogP contribution < -0.4 is 0 Å². The van der Waals surface area contributed by atoms with Gasteiger partial charge in [0.1, 0.15) is 0 Å². The zero-order valence-electron chi connectivity index (χ0n) is 11.1. The average Bonchev–Trinajstić information content (AvgIpc) is 2.90. The molecule has 96 valence electrons. The second-order valence-corrected chi connectivity index (χ2v) is 4.60. The number of hydrogen-bond acceptors (Lipinski definition) is 3. The molecule has 2 heterocycles. The molecule has 1 aromatic carbocycles. The highest BCUT2D eigenvalue weighted by atomic mass is 15.1.